The molecule has 2 aromatic rings. The monoisotopic (exact) mass is 287 g/mol. The molecule has 108 valence electrons. The Morgan fingerprint density at radius 2 is 1.75 bits per heavy atom. The van der Waals surface area contributed by atoms with Crippen LogP contribution in [-0.4, -0.2) is 0 Å². The average Bonchev–Trinajstić information content (AvgIpc) is 2.96. The zero-order chi connectivity index (χ0) is 14.2. The minimum Gasteiger partial charge on any atom is -0.305 e. The Morgan fingerprint density at radius 1 is 1.00 bits per heavy atom. The third-order valence-corrected chi connectivity index (χ3v) is 4.87. The second-order valence-electron chi connectivity index (χ2n) is 5.21. The van der Waals surface area contributed by atoms with Gasteiger partial charge in [-0.1, -0.05) is 57.0 Å². The van der Waals surface area contributed by atoms with E-state index in [-0.39, 0.29) is 0 Å². The standard InChI is InChI=1S/C18H25NS/c1-3-5-11-18(15-9-7-6-8-10-15)19-14-17-13-12-16(4-2)20-17/h6-10,12-13,18-19H,3-5,11,14H2,1-2H3. The lowest BCUT2D eigenvalue weighted by Gasteiger charge is -2.18. The third kappa shape index (κ3) is 4.46. The van der Waals surface area contributed by atoms with E-state index in [1.54, 1.807) is 0 Å². The van der Waals surface area contributed by atoms with Crippen molar-refractivity contribution in [1.29, 1.82) is 0 Å². The molecule has 0 saturated carbocycles. The van der Waals surface area contributed by atoms with Crippen molar-refractivity contribution in [2.75, 3.05) is 0 Å². The van der Waals surface area contributed by atoms with E-state index in [1.165, 1.54) is 34.6 Å². The molecule has 1 unspecified atom stereocenters. The molecule has 0 bridgehead atoms. The normalized spacial score (nSPS) is 12.5. The van der Waals surface area contributed by atoms with E-state index < -0.39 is 0 Å². The average molecular weight is 287 g/mol. The van der Waals surface area contributed by atoms with Crippen molar-refractivity contribution in [2.24, 2.45) is 0 Å². The van der Waals surface area contributed by atoms with Crippen molar-refractivity contribution >= 4 is 11.3 Å². The summed E-state index contributed by atoms with van der Waals surface area (Å²) in [6, 6.07) is 15.8. The quantitative estimate of drug-likeness (QED) is 0.692. The SMILES string of the molecule is CCCCC(NCc1ccc(CC)s1)c1ccccc1. The van der Waals surface area contributed by atoms with Crippen molar-refractivity contribution < 1.29 is 0 Å². The molecule has 1 atom stereocenters. The molecule has 2 heteroatoms. The number of hydrogen-bond acceptors (Lipinski definition) is 2. The number of aryl methyl sites for hydroxylation is 1. The Bertz CT molecular complexity index is 489. The number of hydrogen-bond donors (Lipinski definition) is 1. The first kappa shape index (κ1) is 15.3. The second kappa shape index (κ2) is 8.23. The van der Waals surface area contributed by atoms with E-state index in [1.807, 2.05) is 11.3 Å². The summed E-state index contributed by atoms with van der Waals surface area (Å²) in [4.78, 5) is 2.92. The molecule has 0 fully saturated rings. The van der Waals surface area contributed by atoms with E-state index in [2.05, 4.69) is 61.6 Å². The Balaban J connectivity index is 1.97. The van der Waals surface area contributed by atoms with Crippen LogP contribution in [-0.2, 0) is 13.0 Å². The van der Waals surface area contributed by atoms with Gasteiger partial charge in [0.1, 0.15) is 0 Å². The van der Waals surface area contributed by atoms with Crippen molar-refractivity contribution in [2.45, 2.75) is 52.1 Å². The van der Waals surface area contributed by atoms with Gasteiger partial charge < -0.3 is 5.32 Å². The maximum absolute atomic E-state index is 3.73. The van der Waals surface area contributed by atoms with Gasteiger partial charge in [0.2, 0.25) is 0 Å². The molecule has 1 aromatic carbocycles. The van der Waals surface area contributed by atoms with E-state index in [9.17, 15) is 0 Å². The third-order valence-electron chi connectivity index (χ3n) is 3.64. The maximum Gasteiger partial charge on any atom is 0.0323 e. The minimum absolute atomic E-state index is 0.475. The predicted octanol–water partition coefficient (Wildman–Crippen LogP) is 5.33. The molecule has 0 amide bonds. The Labute approximate surface area is 127 Å². The first-order valence-corrected chi connectivity index (χ1v) is 8.51. The lowest BCUT2D eigenvalue weighted by atomic mass is 10.0. The summed E-state index contributed by atoms with van der Waals surface area (Å²) in [5.41, 5.74) is 1.41. The van der Waals surface area contributed by atoms with Crippen molar-refractivity contribution in [1.82, 2.24) is 5.32 Å². The lowest BCUT2D eigenvalue weighted by Crippen LogP contribution is -2.20. The number of benzene rings is 1. The number of thiophene rings is 1. The highest BCUT2D eigenvalue weighted by atomic mass is 32.1. The van der Waals surface area contributed by atoms with E-state index in [0.29, 0.717) is 6.04 Å². The Kier molecular flexibility index (Phi) is 6.28. The van der Waals surface area contributed by atoms with Gasteiger partial charge in [-0.15, -0.1) is 11.3 Å². The van der Waals surface area contributed by atoms with Crippen LogP contribution in [0.25, 0.3) is 0 Å². The van der Waals surface area contributed by atoms with Crippen LogP contribution in [0.4, 0.5) is 0 Å². The molecule has 1 N–H and O–H groups in total. The maximum atomic E-state index is 3.73. The van der Waals surface area contributed by atoms with Crippen LogP contribution in [0.15, 0.2) is 42.5 Å². The summed E-state index contributed by atoms with van der Waals surface area (Å²) < 4.78 is 0. The van der Waals surface area contributed by atoms with Gasteiger partial charge in [-0.3, -0.25) is 0 Å². The summed E-state index contributed by atoms with van der Waals surface area (Å²) in [5.74, 6) is 0. The van der Waals surface area contributed by atoms with Crippen LogP contribution in [0.1, 0.15) is 54.5 Å². The molecule has 0 aliphatic carbocycles. The molecule has 0 spiro atoms. The van der Waals surface area contributed by atoms with Crippen LogP contribution in [0.5, 0.6) is 0 Å². The van der Waals surface area contributed by atoms with Gasteiger partial charge in [0.15, 0.2) is 0 Å². The highest BCUT2D eigenvalue weighted by molar-refractivity contribution is 7.11. The minimum atomic E-state index is 0.475. The molecule has 0 saturated heterocycles. The van der Waals surface area contributed by atoms with Gasteiger partial charge in [-0.2, -0.15) is 0 Å². The zero-order valence-electron chi connectivity index (χ0n) is 12.6. The summed E-state index contributed by atoms with van der Waals surface area (Å²) in [7, 11) is 0. The van der Waals surface area contributed by atoms with Gasteiger partial charge in [-0.05, 0) is 30.5 Å². The van der Waals surface area contributed by atoms with Crippen LogP contribution in [0.2, 0.25) is 0 Å². The van der Waals surface area contributed by atoms with Crippen LogP contribution >= 0.6 is 11.3 Å². The van der Waals surface area contributed by atoms with Gasteiger partial charge in [0, 0.05) is 22.3 Å². The fourth-order valence-corrected chi connectivity index (χ4v) is 3.32. The van der Waals surface area contributed by atoms with Gasteiger partial charge in [0.25, 0.3) is 0 Å². The van der Waals surface area contributed by atoms with Crippen LogP contribution in [0.3, 0.4) is 0 Å². The highest BCUT2D eigenvalue weighted by Gasteiger charge is 2.10. The predicted molar refractivity (Wildman–Crippen MR) is 89.2 cm³/mol. The Hall–Kier alpha value is -1.12. The highest BCUT2D eigenvalue weighted by Crippen LogP contribution is 2.22. The summed E-state index contributed by atoms with van der Waals surface area (Å²) in [6.45, 7) is 5.46. The van der Waals surface area contributed by atoms with E-state index in [0.717, 1.165) is 13.0 Å². The van der Waals surface area contributed by atoms with Gasteiger partial charge in [-0.25, -0.2) is 0 Å². The van der Waals surface area contributed by atoms with Crippen molar-refractivity contribution in [3.8, 4) is 0 Å². The molecule has 1 aromatic heterocycles. The molecule has 20 heavy (non-hydrogen) atoms. The number of rotatable bonds is 8. The summed E-state index contributed by atoms with van der Waals surface area (Å²) in [6.07, 6.45) is 4.89. The lowest BCUT2D eigenvalue weighted by molar-refractivity contribution is 0.483. The molecule has 0 aliphatic heterocycles. The zero-order valence-corrected chi connectivity index (χ0v) is 13.4. The van der Waals surface area contributed by atoms with Crippen molar-refractivity contribution in [3.05, 3.63) is 57.8 Å². The molecule has 1 heterocycles. The molecule has 0 aliphatic rings. The molecule has 1 nitrogen and oxygen atoms in total. The largest absolute Gasteiger partial charge is 0.305 e. The molecular weight excluding hydrogens is 262 g/mol. The number of nitrogens with one attached hydrogen (secondary N) is 1. The first-order chi connectivity index (χ1) is 9.83. The molecule has 2 rings (SSSR count). The summed E-state index contributed by atoms with van der Waals surface area (Å²) >= 11 is 1.93. The molecule has 0 radical (unpaired) electrons. The smallest absolute Gasteiger partial charge is 0.0323 e. The topological polar surface area (TPSA) is 12.0 Å². The second-order valence-corrected chi connectivity index (χ2v) is 6.46. The summed E-state index contributed by atoms with van der Waals surface area (Å²) in [5, 5.41) is 3.73. The van der Waals surface area contributed by atoms with Crippen molar-refractivity contribution in [3.63, 3.8) is 0 Å². The van der Waals surface area contributed by atoms with Crippen LogP contribution < -0.4 is 5.32 Å². The first-order valence-electron chi connectivity index (χ1n) is 7.69. The van der Waals surface area contributed by atoms with Gasteiger partial charge >= 0.3 is 0 Å². The Morgan fingerprint density at radius 3 is 2.40 bits per heavy atom. The number of unbranched alkanes of at least 4 members (excludes halogenated alkanes) is 1. The van der Waals surface area contributed by atoms with E-state index >= 15 is 0 Å². The van der Waals surface area contributed by atoms with Crippen LogP contribution in [0, 0.1) is 0 Å². The fourth-order valence-electron chi connectivity index (χ4n) is 2.41. The fraction of sp³-hybridized carbons (Fsp3) is 0.444. The van der Waals surface area contributed by atoms with Gasteiger partial charge in [0.05, 0.1) is 0 Å². The van der Waals surface area contributed by atoms with E-state index in [4.69, 9.17) is 0 Å². The molecular formula is C18H25NS.